The van der Waals surface area contributed by atoms with Gasteiger partial charge in [0.25, 0.3) is 0 Å². The van der Waals surface area contributed by atoms with E-state index in [0.717, 1.165) is 13.0 Å². The standard InChI is InChI=1S/C16H29N3O4/c1-12(2)10-13-15(21)19(9-6-17-13)11-14(20)18-7-4-16(22,23-3)5-8-18/h12-13,17,22H,4-11H2,1-3H3. The minimum Gasteiger partial charge on any atom is -0.365 e. The second-order valence-electron chi connectivity index (χ2n) is 6.93. The summed E-state index contributed by atoms with van der Waals surface area (Å²) in [5.41, 5.74) is 0. The van der Waals surface area contributed by atoms with Crippen molar-refractivity contribution in [3.05, 3.63) is 0 Å². The molecule has 0 aromatic rings. The maximum absolute atomic E-state index is 12.5. The number of hydrogen-bond donors (Lipinski definition) is 2. The maximum atomic E-state index is 12.5. The van der Waals surface area contributed by atoms with Crippen LogP contribution in [0.15, 0.2) is 0 Å². The van der Waals surface area contributed by atoms with E-state index in [1.807, 2.05) is 0 Å². The van der Waals surface area contributed by atoms with E-state index in [9.17, 15) is 14.7 Å². The van der Waals surface area contributed by atoms with Crippen LogP contribution in [0.25, 0.3) is 0 Å². The van der Waals surface area contributed by atoms with Gasteiger partial charge >= 0.3 is 0 Å². The summed E-state index contributed by atoms with van der Waals surface area (Å²) in [7, 11) is 1.48. The predicted octanol–water partition coefficient (Wildman–Crippen LogP) is -0.210. The number of carbonyl (C=O) groups is 2. The average molecular weight is 327 g/mol. The lowest BCUT2D eigenvalue weighted by Gasteiger charge is -2.39. The van der Waals surface area contributed by atoms with Crippen LogP contribution < -0.4 is 5.32 Å². The van der Waals surface area contributed by atoms with Crippen LogP contribution in [0.5, 0.6) is 0 Å². The van der Waals surface area contributed by atoms with Crippen molar-refractivity contribution in [1.82, 2.24) is 15.1 Å². The molecule has 2 aliphatic rings. The molecule has 132 valence electrons. The van der Waals surface area contributed by atoms with E-state index in [1.54, 1.807) is 9.80 Å². The zero-order valence-electron chi connectivity index (χ0n) is 14.4. The third-order valence-electron chi connectivity index (χ3n) is 4.69. The molecule has 2 saturated heterocycles. The van der Waals surface area contributed by atoms with Crippen molar-refractivity contribution >= 4 is 11.8 Å². The van der Waals surface area contributed by atoms with E-state index in [4.69, 9.17) is 4.74 Å². The second kappa shape index (κ2) is 7.59. The van der Waals surface area contributed by atoms with Gasteiger partial charge < -0.3 is 25.0 Å². The Morgan fingerprint density at radius 3 is 2.61 bits per heavy atom. The maximum Gasteiger partial charge on any atom is 0.242 e. The second-order valence-corrected chi connectivity index (χ2v) is 6.93. The molecule has 0 saturated carbocycles. The van der Waals surface area contributed by atoms with Crippen LogP contribution in [0.2, 0.25) is 0 Å². The Balaban J connectivity index is 1.86. The van der Waals surface area contributed by atoms with E-state index < -0.39 is 5.79 Å². The highest BCUT2D eigenvalue weighted by Crippen LogP contribution is 2.22. The molecule has 0 aliphatic carbocycles. The van der Waals surface area contributed by atoms with Gasteiger partial charge in [-0.15, -0.1) is 0 Å². The van der Waals surface area contributed by atoms with Crippen molar-refractivity contribution in [3.63, 3.8) is 0 Å². The zero-order valence-corrected chi connectivity index (χ0v) is 14.4. The largest absolute Gasteiger partial charge is 0.365 e. The summed E-state index contributed by atoms with van der Waals surface area (Å²) >= 11 is 0. The smallest absolute Gasteiger partial charge is 0.242 e. The predicted molar refractivity (Wildman–Crippen MR) is 85.6 cm³/mol. The lowest BCUT2D eigenvalue weighted by atomic mass is 10.0. The zero-order chi connectivity index (χ0) is 17.0. The highest BCUT2D eigenvalue weighted by atomic mass is 16.6. The Bertz CT molecular complexity index is 433. The number of rotatable bonds is 5. The molecule has 2 amide bonds. The number of likely N-dealkylation sites (tertiary alicyclic amines) is 1. The summed E-state index contributed by atoms with van der Waals surface area (Å²) in [5, 5.41) is 13.3. The van der Waals surface area contributed by atoms with E-state index in [-0.39, 0.29) is 24.4 Å². The van der Waals surface area contributed by atoms with E-state index in [0.29, 0.717) is 38.4 Å². The number of piperidine rings is 1. The fourth-order valence-electron chi connectivity index (χ4n) is 3.18. The molecular weight excluding hydrogens is 298 g/mol. The summed E-state index contributed by atoms with van der Waals surface area (Å²) in [6.07, 6.45) is 1.59. The van der Waals surface area contributed by atoms with Crippen molar-refractivity contribution in [1.29, 1.82) is 0 Å². The number of piperazine rings is 1. The Hall–Kier alpha value is -1.18. The molecular formula is C16H29N3O4. The first-order valence-electron chi connectivity index (χ1n) is 8.42. The van der Waals surface area contributed by atoms with Crippen molar-refractivity contribution < 1.29 is 19.4 Å². The van der Waals surface area contributed by atoms with Gasteiger partial charge in [-0.25, -0.2) is 0 Å². The Morgan fingerprint density at radius 2 is 2.04 bits per heavy atom. The molecule has 0 radical (unpaired) electrons. The number of nitrogens with zero attached hydrogens (tertiary/aromatic N) is 2. The highest BCUT2D eigenvalue weighted by Gasteiger charge is 2.35. The molecule has 2 aliphatic heterocycles. The van der Waals surface area contributed by atoms with Crippen molar-refractivity contribution in [3.8, 4) is 0 Å². The third kappa shape index (κ3) is 4.65. The fourth-order valence-corrected chi connectivity index (χ4v) is 3.18. The average Bonchev–Trinajstić information content (AvgIpc) is 2.51. The molecule has 2 fully saturated rings. The number of hydrogen-bond acceptors (Lipinski definition) is 5. The molecule has 2 heterocycles. The molecule has 2 rings (SSSR count). The van der Waals surface area contributed by atoms with Gasteiger partial charge in [-0.1, -0.05) is 13.8 Å². The van der Waals surface area contributed by atoms with Crippen LogP contribution in [0, 0.1) is 5.92 Å². The summed E-state index contributed by atoms with van der Waals surface area (Å²) < 4.78 is 5.07. The molecule has 0 aromatic heterocycles. The first kappa shape index (κ1) is 18.2. The first-order valence-corrected chi connectivity index (χ1v) is 8.42. The SMILES string of the molecule is COC1(O)CCN(C(=O)CN2CCNC(CC(C)C)C2=O)CC1. The molecule has 1 unspecified atom stereocenters. The minimum atomic E-state index is -1.12. The van der Waals surface area contributed by atoms with Crippen LogP contribution >= 0.6 is 0 Å². The van der Waals surface area contributed by atoms with Gasteiger partial charge in [0.05, 0.1) is 12.6 Å². The monoisotopic (exact) mass is 327 g/mol. The number of aliphatic hydroxyl groups is 1. The van der Waals surface area contributed by atoms with E-state index in [1.165, 1.54) is 7.11 Å². The van der Waals surface area contributed by atoms with Gasteiger partial charge in [-0.3, -0.25) is 9.59 Å². The Morgan fingerprint density at radius 1 is 1.39 bits per heavy atom. The topological polar surface area (TPSA) is 82.1 Å². The van der Waals surface area contributed by atoms with Gasteiger partial charge in [-0.05, 0) is 12.3 Å². The fraction of sp³-hybridized carbons (Fsp3) is 0.875. The molecule has 0 bridgehead atoms. The van der Waals surface area contributed by atoms with Gasteiger partial charge in [0.15, 0.2) is 5.79 Å². The number of ether oxygens (including phenoxy) is 1. The van der Waals surface area contributed by atoms with Crippen molar-refractivity contribution in [2.24, 2.45) is 5.92 Å². The molecule has 2 N–H and O–H groups in total. The summed E-state index contributed by atoms with van der Waals surface area (Å²) in [4.78, 5) is 28.3. The summed E-state index contributed by atoms with van der Waals surface area (Å²) in [5.74, 6) is -0.726. The van der Waals surface area contributed by atoms with Gasteiger partial charge in [0.2, 0.25) is 11.8 Å². The number of nitrogens with one attached hydrogen (secondary N) is 1. The van der Waals surface area contributed by atoms with Crippen molar-refractivity contribution in [2.45, 2.75) is 44.9 Å². The number of methoxy groups -OCH3 is 1. The Kier molecular flexibility index (Phi) is 6.00. The lowest BCUT2D eigenvalue weighted by Crippen LogP contribution is -2.58. The van der Waals surface area contributed by atoms with Gasteiger partial charge in [0.1, 0.15) is 0 Å². The summed E-state index contributed by atoms with van der Waals surface area (Å²) in [6.45, 7) is 6.50. The minimum absolute atomic E-state index is 0.0173. The Labute approximate surface area is 138 Å². The number of amides is 2. The quantitative estimate of drug-likeness (QED) is 0.683. The highest BCUT2D eigenvalue weighted by molar-refractivity contribution is 5.88. The van der Waals surface area contributed by atoms with Crippen molar-refractivity contribution in [2.75, 3.05) is 39.8 Å². The van der Waals surface area contributed by atoms with Gasteiger partial charge in [0, 0.05) is 46.1 Å². The normalized spacial score (nSPS) is 25.1. The van der Waals surface area contributed by atoms with Crippen LogP contribution in [0.1, 0.15) is 33.1 Å². The number of carbonyl (C=O) groups excluding carboxylic acids is 2. The molecule has 23 heavy (non-hydrogen) atoms. The molecule has 0 spiro atoms. The third-order valence-corrected chi connectivity index (χ3v) is 4.69. The van der Waals surface area contributed by atoms with Crippen LogP contribution in [-0.2, 0) is 14.3 Å². The lowest BCUT2D eigenvalue weighted by molar-refractivity contribution is -0.210. The first-order chi connectivity index (χ1) is 10.8. The van der Waals surface area contributed by atoms with E-state index in [2.05, 4.69) is 19.2 Å². The van der Waals surface area contributed by atoms with Crippen LogP contribution in [0.3, 0.4) is 0 Å². The van der Waals surface area contributed by atoms with Crippen LogP contribution in [0.4, 0.5) is 0 Å². The summed E-state index contributed by atoms with van der Waals surface area (Å²) in [6, 6.07) is -0.184. The molecule has 7 heteroatoms. The van der Waals surface area contributed by atoms with Crippen LogP contribution in [-0.4, -0.2) is 78.4 Å². The van der Waals surface area contributed by atoms with Gasteiger partial charge in [-0.2, -0.15) is 0 Å². The molecule has 7 nitrogen and oxygen atoms in total. The van der Waals surface area contributed by atoms with E-state index >= 15 is 0 Å². The molecule has 0 aromatic carbocycles. The molecule has 1 atom stereocenters.